The zero-order valence-corrected chi connectivity index (χ0v) is 20.6. The maximum atomic E-state index is 6.15. The Morgan fingerprint density at radius 3 is 1.10 bits per heavy atom. The number of nitrogens with zero attached hydrogens (tertiary/aromatic N) is 4. The SMILES string of the molecule is CC(C)(N=NC(C)(C)C(N)=Nc1ccccc1)C(N)=Nc1ccccc1.Cl.Cl.Cl.Cl. The molecule has 0 radical (unpaired) electrons. The van der Waals surface area contributed by atoms with Crippen LogP contribution in [0.3, 0.4) is 0 Å². The van der Waals surface area contributed by atoms with Crippen molar-refractivity contribution in [2.45, 2.75) is 38.8 Å². The van der Waals surface area contributed by atoms with Crippen LogP contribution in [0.1, 0.15) is 27.7 Å². The summed E-state index contributed by atoms with van der Waals surface area (Å²) in [5, 5.41) is 8.79. The molecule has 2 aromatic rings. The molecule has 4 N–H and O–H groups in total. The average Bonchev–Trinajstić information content (AvgIpc) is 2.62. The molecule has 168 valence electrons. The summed E-state index contributed by atoms with van der Waals surface area (Å²) in [4.78, 5) is 8.85. The van der Waals surface area contributed by atoms with Crippen molar-refractivity contribution in [2.75, 3.05) is 0 Å². The van der Waals surface area contributed by atoms with Crippen LogP contribution in [0.4, 0.5) is 11.4 Å². The molecule has 0 spiro atoms. The third-order valence-corrected chi connectivity index (χ3v) is 3.82. The number of halogens is 4. The monoisotopic (exact) mass is 494 g/mol. The van der Waals surface area contributed by atoms with E-state index in [-0.39, 0.29) is 49.6 Å². The van der Waals surface area contributed by atoms with Crippen molar-refractivity contribution in [3.63, 3.8) is 0 Å². The molecule has 0 aliphatic rings. The van der Waals surface area contributed by atoms with Crippen molar-refractivity contribution in [3.05, 3.63) is 60.7 Å². The molecule has 6 nitrogen and oxygen atoms in total. The first-order valence-corrected chi connectivity index (χ1v) is 8.44. The number of rotatable bonds is 6. The Labute approximate surface area is 203 Å². The summed E-state index contributed by atoms with van der Waals surface area (Å²) in [6, 6.07) is 19.0. The van der Waals surface area contributed by atoms with Crippen LogP contribution in [-0.4, -0.2) is 22.7 Å². The minimum Gasteiger partial charge on any atom is -0.385 e. The Hall–Kier alpha value is -1.86. The average molecular weight is 496 g/mol. The van der Waals surface area contributed by atoms with E-state index in [0.717, 1.165) is 11.4 Å². The van der Waals surface area contributed by atoms with Gasteiger partial charge < -0.3 is 11.5 Å². The highest BCUT2D eigenvalue weighted by molar-refractivity contribution is 5.92. The zero-order valence-electron chi connectivity index (χ0n) is 17.4. The second kappa shape index (κ2) is 14.2. The van der Waals surface area contributed by atoms with Gasteiger partial charge in [0.25, 0.3) is 0 Å². The van der Waals surface area contributed by atoms with Gasteiger partial charge in [0.2, 0.25) is 0 Å². The van der Waals surface area contributed by atoms with Gasteiger partial charge in [0.1, 0.15) is 22.7 Å². The van der Waals surface area contributed by atoms with E-state index in [9.17, 15) is 0 Å². The molecule has 0 atom stereocenters. The van der Waals surface area contributed by atoms with E-state index in [2.05, 4.69) is 20.2 Å². The fourth-order valence-electron chi connectivity index (χ4n) is 1.91. The topological polar surface area (TPSA) is 101 Å². The standard InChI is InChI=1S/C20H26N6.4ClH/c1-19(2,17(21)23-15-11-7-5-8-12-15)25-26-20(3,4)18(22)24-16-13-9-6-10-14-16;;;;/h5-14H,1-4H3,(H2,21,23)(H2,22,24);4*1H. The van der Waals surface area contributed by atoms with Gasteiger partial charge in [-0.25, -0.2) is 9.98 Å². The number of benzene rings is 2. The Bertz CT molecular complexity index is 752. The van der Waals surface area contributed by atoms with Crippen molar-refractivity contribution in [3.8, 4) is 0 Å². The number of nitrogens with two attached hydrogens (primary N) is 2. The second-order valence-electron chi connectivity index (χ2n) is 6.98. The molecule has 0 unspecified atom stereocenters. The third-order valence-electron chi connectivity index (χ3n) is 3.82. The lowest BCUT2D eigenvalue weighted by Crippen LogP contribution is -2.39. The minimum absolute atomic E-state index is 0. The summed E-state index contributed by atoms with van der Waals surface area (Å²) in [5.74, 6) is 0.753. The van der Waals surface area contributed by atoms with Crippen molar-refractivity contribution < 1.29 is 0 Å². The van der Waals surface area contributed by atoms with E-state index in [0.29, 0.717) is 11.7 Å². The van der Waals surface area contributed by atoms with Gasteiger partial charge in [-0.2, -0.15) is 10.2 Å². The Kier molecular flexibility index (Phi) is 15.5. The summed E-state index contributed by atoms with van der Waals surface area (Å²) in [5.41, 5.74) is 12.3. The molecule has 0 aromatic heterocycles. The van der Waals surface area contributed by atoms with Crippen LogP contribution >= 0.6 is 49.6 Å². The van der Waals surface area contributed by atoms with Crippen LogP contribution in [0.2, 0.25) is 0 Å². The number of para-hydroxylation sites is 2. The van der Waals surface area contributed by atoms with Crippen molar-refractivity contribution in [1.29, 1.82) is 0 Å². The second-order valence-corrected chi connectivity index (χ2v) is 6.98. The molecule has 0 fully saturated rings. The van der Waals surface area contributed by atoms with E-state index in [1.807, 2.05) is 88.4 Å². The van der Waals surface area contributed by atoms with Crippen molar-refractivity contribution >= 4 is 72.7 Å². The van der Waals surface area contributed by atoms with Gasteiger partial charge in [-0.1, -0.05) is 36.4 Å². The van der Waals surface area contributed by atoms with Crippen molar-refractivity contribution in [2.24, 2.45) is 31.7 Å². The molecule has 0 aliphatic carbocycles. The third kappa shape index (κ3) is 9.76. The molecule has 0 saturated carbocycles. The van der Waals surface area contributed by atoms with Crippen LogP contribution in [-0.2, 0) is 0 Å². The van der Waals surface area contributed by atoms with E-state index >= 15 is 0 Å². The summed E-state index contributed by atoms with van der Waals surface area (Å²) in [7, 11) is 0. The summed E-state index contributed by atoms with van der Waals surface area (Å²) in [6.45, 7) is 7.44. The lowest BCUT2D eigenvalue weighted by atomic mass is 10.0. The fourth-order valence-corrected chi connectivity index (χ4v) is 1.91. The number of azo groups is 1. The highest BCUT2D eigenvalue weighted by atomic mass is 35.5. The van der Waals surface area contributed by atoms with Gasteiger partial charge >= 0.3 is 0 Å². The van der Waals surface area contributed by atoms with E-state index < -0.39 is 11.1 Å². The van der Waals surface area contributed by atoms with Crippen molar-refractivity contribution in [1.82, 2.24) is 0 Å². The number of aliphatic imine (C=N–C) groups is 2. The summed E-state index contributed by atoms with van der Waals surface area (Å²) < 4.78 is 0. The quantitative estimate of drug-likeness (QED) is 0.289. The highest BCUT2D eigenvalue weighted by Crippen LogP contribution is 2.20. The molecule has 30 heavy (non-hydrogen) atoms. The molecule has 0 aliphatic heterocycles. The maximum absolute atomic E-state index is 6.15. The molecular formula is C20H30Cl4N6. The smallest absolute Gasteiger partial charge is 0.133 e. The van der Waals surface area contributed by atoms with Gasteiger partial charge in [-0.15, -0.1) is 49.6 Å². The number of amidine groups is 2. The lowest BCUT2D eigenvalue weighted by Gasteiger charge is -2.22. The highest BCUT2D eigenvalue weighted by Gasteiger charge is 2.27. The summed E-state index contributed by atoms with van der Waals surface area (Å²) in [6.07, 6.45) is 0. The molecule has 0 bridgehead atoms. The Morgan fingerprint density at radius 1 is 0.567 bits per heavy atom. The summed E-state index contributed by atoms with van der Waals surface area (Å²) >= 11 is 0. The zero-order chi connectivity index (χ0) is 19.2. The molecule has 0 amide bonds. The lowest BCUT2D eigenvalue weighted by molar-refractivity contribution is 0.560. The largest absolute Gasteiger partial charge is 0.385 e. The Balaban J connectivity index is -0.00000182. The van der Waals surface area contributed by atoms with Crippen LogP contribution in [0.25, 0.3) is 0 Å². The predicted octanol–water partition coefficient (Wildman–Crippen LogP) is 6.06. The van der Waals surface area contributed by atoms with Crippen LogP contribution in [0.15, 0.2) is 80.9 Å². The van der Waals surface area contributed by atoms with Crippen LogP contribution in [0.5, 0.6) is 0 Å². The van der Waals surface area contributed by atoms with Gasteiger partial charge in [0.05, 0.1) is 11.4 Å². The van der Waals surface area contributed by atoms with Gasteiger partial charge in [0, 0.05) is 0 Å². The first kappa shape index (κ1) is 32.8. The normalized spacial score (nSPS) is 12.1. The Morgan fingerprint density at radius 2 is 0.833 bits per heavy atom. The van der Waals surface area contributed by atoms with E-state index in [1.165, 1.54) is 0 Å². The number of hydrogen-bond acceptors (Lipinski definition) is 4. The van der Waals surface area contributed by atoms with E-state index in [4.69, 9.17) is 11.5 Å². The first-order valence-electron chi connectivity index (χ1n) is 8.44. The van der Waals surface area contributed by atoms with Gasteiger partial charge in [0.15, 0.2) is 0 Å². The molecule has 0 heterocycles. The van der Waals surface area contributed by atoms with E-state index in [1.54, 1.807) is 0 Å². The minimum atomic E-state index is -0.764. The predicted molar refractivity (Wildman–Crippen MR) is 137 cm³/mol. The molecule has 10 heteroatoms. The maximum Gasteiger partial charge on any atom is 0.133 e. The van der Waals surface area contributed by atoms with Gasteiger partial charge in [-0.05, 0) is 52.0 Å². The molecular weight excluding hydrogens is 466 g/mol. The molecule has 2 aromatic carbocycles. The first-order chi connectivity index (χ1) is 12.2. The van der Waals surface area contributed by atoms with Crippen LogP contribution in [0, 0.1) is 0 Å². The molecule has 0 saturated heterocycles. The molecule has 2 rings (SSSR count). The fraction of sp³-hybridized carbons (Fsp3) is 0.300. The number of hydrogen-bond donors (Lipinski definition) is 2. The van der Waals surface area contributed by atoms with Gasteiger partial charge in [-0.3, -0.25) is 0 Å². The van der Waals surface area contributed by atoms with Crippen LogP contribution < -0.4 is 11.5 Å².